The summed E-state index contributed by atoms with van der Waals surface area (Å²) in [5, 5.41) is 8.98. The fourth-order valence-electron chi connectivity index (χ4n) is 2.70. The summed E-state index contributed by atoms with van der Waals surface area (Å²) in [6.45, 7) is 4.03. The minimum absolute atomic E-state index is 0. The average molecular weight is 345 g/mol. The van der Waals surface area contributed by atoms with E-state index < -0.39 is 5.97 Å². The van der Waals surface area contributed by atoms with Gasteiger partial charge in [-0.05, 0) is 37.6 Å². The molecule has 128 valence electrons. The Kier molecular flexibility index (Phi) is 7.45. The minimum Gasteiger partial charge on any atom is -0.481 e. The second kappa shape index (κ2) is 8.84. The van der Waals surface area contributed by atoms with Crippen LogP contribution in [0.5, 0.6) is 0 Å². The number of carbonyl (C=O) groups excluding carboxylic acids is 1. The molecule has 1 aliphatic heterocycles. The van der Waals surface area contributed by atoms with Crippen LogP contribution >= 0.6 is 12.4 Å². The first kappa shape index (κ1) is 19.4. The predicted octanol–water partition coefficient (Wildman–Crippen LogP) is 2.00. The van der Waals surface area contributed by atoms with Gasteiger partial charge in [-0.25, -0.2) is 4.39 Å². The van der Waals surface area contributed by atoms with Crippen LogP contribution in [0.25, 0.3) is 0 Å². The number of benzene rings is 1. The van der Waals surface area contributed by atoms with E-state index in [0.717, 1.165) is 5.56 Å². The average Bonchev–Trinajstić information content (AvgIpc) is 2.93. The lowest BCUT2D eigenvalue weighted by Gasteiger charge is -2.24. The topological polar surface area (TPSA) is 60.9 Å². The van der Waals surface area contributed by atoms with Crippen molar-refractivity contribution in [1.29, 1.82) is 0 Å². The highest BCUT2D eigenvalue weighted by atomic mass is 35.5. The van der Waals surface area contributed by atoms with Crippen LogP contribution in [0.2, 0.25) is 0 Å². The lowest BCUT2D eigenvalue weighted by atomic mass is 10.1. The van der Waals surface area contributed by atoms with Crippen molar-refractivity contribution in [2.24, 2.45) is 5.92 Å². The Morgan fingerprint density at radius 1 is 1.43 bits per heavy atom. The molecule has 5 nitrogen and oxygen atoms in total. The van der Waals surface area contributed by atoms with E-state index in [1.807, 2.05) is 11.8 Å². The van der Waals surface area contributed by atoms with Crippen molar-refractivity contribution < 1.29 is 19.1 Å². The smallest absolute Gasteiger partial charge is 0.307 e. The molecule has 0 aliphatic carbocycles. The van der Waals surface area contributed by atoms with Gasteiger partial charge >= 0.3 is 5.97 Å². The summed E-state index contributed by atoms with van der Waals surface area (Å²) in [6, 6.07) is 6.21. The van der Waals surface area contributed by atoms with E-state index in [2.05, 4.69) is 0 Å². The number of aliphatic carboxylic acids is 1. The van der Waals surface area contributed by atoms with E-state index in [1.54, 1.807) is 17.0 Å². The number of likely N-dealkylation sites (tertiary alicyclic amines) is 1. The van der Waals surface area contributed by atoms with Gasteiger partial charge in [-0.1, -0.05) is 12.1 Å². The molecule has 23 heavy (non-hydrogen) atoms. The van der Waals surface area contributed by atoms with Crippen molar-refractivity contribution in [3.05, 3.63) is 35.6 Å². The summed E-state index contributed by atoms with van der Waals surface area (Å²) in [4.78, 5) is 26.8. The fraction of sp³-hybridized carbons (Fsp3) is 0.500. The summed E-state index contributed by atoms with van der Waals surface area (Å²) in [5.41, 5.74) is 0.750. The molecule has 7 heteroatoms. The molecule has 2 rings (SSSR count). The molecule has 1 N–H and O–H groups in total. The molecular formula is C16H22ClFN2O3. The van der Waals surface area contributed by atoms with Crippen LogP contribution in [0.4, 0.5) is 4.39 Å². The minimum atomic E-state index is -0.804. The molecule has 1 fully saturated rings. The summed E-state index contributed by atoms with van der Waals surface area (Å²) >= 11 is 0. The normalized spacial score (nSPS) is 17.6. The Morgan fingerprint density at radius 3 is 2.74 bits per heavy atom. The second-order valence-electron chi connectivity index (χ2n) is 5.60. The van der Waals surface area contributed by atoms with Crippen molar-refractivity contribution in [3.8, 4) is 0 Å². The molecule has 1 atom stereocenters. The molecule has 0 aromatic heterocycles. The van der Waals surface area contributed by atoms with Gasteiger partial charge in [-0.2, -0.15) is 0 Å². The molecule has 1 heterocycles. The van der Waals surface area contributed by atoms with Crippen LogP contribution < -0.4 is 0 Å². The lowest BCUT2D eigenvalue weighted by molar-refractivity contribution is -0.141. The number of halogens is 2. The van der Waals surface area contributed by atoms with Crippen LogP contribution in [0, 0.1) is 11.7 Å². The molecule has 1 amide bonds. The van der Waals surface area contributed by atoms with Crippen molar-refractivity contribution in [1.82, 2.24) is 9.80 Å². The van der Waals surface area contributed by atoms with Crippen LogP contribution in [0.3, 0.4) is 0 Å². The number of likely N-dealkylation sites (N-methyl/N-ethyl adjacent to an activating group) is 1. The van der Waals surface area contributed by atoms with E-state index in [-0.39, 0.29) is 36.6 Å². The highest BCUT2D eigenvalue weighted by molar-refractivity contribution is 5.85. The molecule has 1 saturated heterocycles. The Hall–Kier alpha value is -1.66. The first-order valence-electron chi connectivity index (χ1n) is 7.47. The summed E-state index contributed by atoms with van der Waals surface area (Å²) in [5.74, 6) is -1.56. The third kappa shape index (κ3) is 5.48. The van der Waals surface area contributed by atoms with Gasteiger partial charge in [-0.3, -0.25) is 14.5 Å². The Bertz CT molecular complexity index is 556. The predicted molar refractivity (Wildman–Crippen MR) is 86.9 cm³/mol. The van der Waals surface area contributed by atoms with Gasteiger partial charge < -0.3 is 10.0 Å². The third-order valence-electron chi connectivity index (χ3n) is 3.98. The number of carbonyl (C=O) groups is 2. The molecule has 0 bridgehead atoms. The van der Waals surface area contributed by atoms with Crippen LogP contribution in [-0.4, -0.2) is 53.0 Å². The summed E-state index contributed by atoms with van der Waals surface area (Å²) in [7, 11) is 0. The Balaban J connectivity index is 0.00000264. The van der Waals surface area contributed by atoms with Gasteiger partial charge in [0.05, 0.1) is 12.5 Å². The monoisotopic (exact) mass is 344 g/mol. The van der Waals surface area contributed by atoms with Crippen molar-refractivity contribution in [3.63, 3.8) is 0 Å². The van der Waals surface area contributed by atoms with Gasteiger partial charge in [0.25, 0.3) is 0 Å². The molecule has 1 unspecified atom stereocenters. The van der Waals surface area contributed by atoms with E-state index in [1.165, 1.54) is 12.1 Å². The first-order valence-corrected chi connectivity index (χ1v) is 7.47. The number of nitrogens with zero attached hydrogens (tertiary/aromatic N) is 2. The van der Waals surface area contributed by atoms with E-state index in [0.29, 0.717) is 32.6 Å². The van der Waals surface area contributed by atoms with Crippen molar-refractivity contribution in [2.45, 2.75) is 19.9 Å². The zero-order valence-electron chi connectivity index (χ0n) is 13.1. The molecule has 1 aromatic rings. The number of hydrogen-bond donors (Lipinski definition) is 1. The standard InChI is InChI=1S/C16H21FN2O3.ClH/c1-2-19(9-12-4-3-5-14(17)8-12)15(20)11-18-7-6-13(10-18)16(21)22;/h3-5,8,13H,2,6-7,9-11H2,1H3,(H,21,22);1H. The highest BCUT2D eigenvalue weighted by Gasteiger charge is 2.29. The highest BCUT2D eigenvalue weighted by Crippen LogP contribution is 2.16. The van der Waals surface area contributed by atoms with Gasteiger partial charge in [0.1, 0.15) is 5.82 Å². The van der Waals surface area contributed by atoms with Crippen LogP contribution in [-0.2, 0) is 16.1 Å². The first-order chi connectivity index (χ1) is 10.5. The Labute approximate surface area is 141 Å². The largest absolute Gasteiger partial charge is 0.481 e. The summed E-state index contributed by atoms with van der Waals surface area (Å²) in [6.07, 6.45) is 0.582. The number of hydrogen-bond acceptors (Lipinski definition) is 3. The van der Waals surface area contributed by atoms with Gasteiger partial charge in [-0.15, -0.1) is 12.4 Å². The maximum atomic E-state index is 13.2. The van der Waals surface area contributed by atoms with Gasteiger partial charge in [0, 0.05) is 19.6 Å². The molecule has 1 aromatic carbocycles. The number of carboxylic acids is 1. The zero-order chi connectivity index (χ0) is 16.1. The number of amides is 1. The van der Waals surface area contributed by atoms with E-state index >= 15 is 0 Å². The molecule has 1 aliphatic rings. The van der Waals surface area contributed by atoms with E-state index in [9.17, 15) is 14.0 Å². The molecule has 0 spiro atoms. The lowest BCUT2D eigenvalue weighted by Crippen LogP contribution is -2.39. The third-order valence-corrected chi connectivity index (χ3v) is 3.98. The molecular weight excluding hydrogens is 323 g/mol. The van der Waals surface area contributed by atoms with Gasteiger partial charge in [0.2, 0.25) is 5.91 Å². The Morgan fingerprint density at radius 2 is 2.17 bits per heavy atom. The van der Waals surface area contributed by atoms with Crippen molar-refractivity contribution >= 4 is 24.3 Å². The molecule has 0 saturated carbocycles. The maximum absolute atomic E-state index is 13.2. The zero-order valence-corrected chi connectivity index (χ0v) is 13.9. The van der Waals surface area contributed by atoms with E-state index in [4.69, 9.17) is 5.11 Å². The number of carboxylic acid groups (broad SMARTS) is 1. The summed E-state index contributed by atoms with van der Waals surface area (Å²) < 4.78 is 13.2. The van der Waals surface area contributed by atoms with Crippen LogP contribution in [0.15, 0.2) is 24.3 Å². The van der Waals surface area contributed by atoms with Crippen molar-refractivity contribution in [2.75, 3.05) is 26.2 Å². The quantitative estimate of drug-likeness (QED) is 0.857. The van der Waals surface area contributed by atoms with Gasteiger partial charge in [0.15, 0.2) is 0 Å². The maximum Gasteiger partial charge on any atom is 0.307 e. The molecule has 0 radical (unpaired) electrons. The number of rotatable bonds is 6. The SMILES string of the molecule is CCN(Cc1cccc(F)c1)C(=O)CN1CCC(C(=O)O)C1.Cl. The van der Waals surface area contributed by atoms with Crippen LogP contribution in [0.1, 0.15) is 18.9 Å². The second-order valence-corrected chi connectivity index (χ2v) is 5.60. The fourth-order valence-corrected chi connectivity index (χ4v) is 2.70.